The Bertz CT molecular complexity index is 469. The molecule has 0 aliphatic rings. The number of rotatable bonds is 7. The maximum absolute atomic E-state index is 13.6. The van der Waals surface area contributed by atoms with Crippen LogP contribution in [0.4, 0.5) is 4.39 Å². The number of aliphatic imine (C=N–C) groups is 1. The second-order valence-corrected chi connectivity index (χ2v) is 4.91. The summed E-state index contributed by atoms with van der Waals surface area (Å²) in [5.74, 6) is 0.756. The molecule has 6 heteroatoms. The molecule has 0 fully saturated rings. The fourth-order valence-corrected chi connectivity index (χ4v) is 1.95. The number of nitrogens with zero attached hydrogens (tertiary/aromatic N) is 2. The lowest BCUT2D eigenvalue weighted by molar-refractivity contribution is 0.386. The van der Waals surface area contributed by atoms with E-state index in [0.717, 1.165) is 37.5 Å². The molecule has 0 aromatic heterocycles. The molecule has 1 rings (SSSR count). The zero-order valence-electron chi connectivity index (χ0n) is 13.9. The zero-order chi connectivity index (χ0) is 15.7. The van der Waals surface area contributed by atoms with Crippen LogP contribution in [0.5, 0.6) is 5.75 Å². The third-order valence-corrected chi connectivity index (χ3v) is 3.17. The molecule has 0 unspecified atom stereocenters. The first-order chi connectivity index (χ1) is 10.1. The average molecular weight is 423 g/mol. The van der Waals surface area contributed by atoms with Gasteiger partial charge in [-0.1, -0.05) is 19.4 Å². The van der Waals surface area contributed by atoms with Crippen molar-refractivity contribution >= 4 is 29.9 Å². The van der Waals surface area contributed by atoms with E-state index in [1.807, 2.05) is 20.0 Å². The molecule has 4 nitrogen and oxygen atoms in total. The monoisotopic (exact) mass is 423 g/mol. The Kier molecular flexibility index (Phi) is 11.0. The van der Waals surface area contributed by atoms with Crippen molar-refractivity contribution in [2.24, 2.45) is 4.99 Å². The van der Waals surface area contributed by atoms with Crippen LogP contribution in [-0.2, 0) is 6.54 Å². The van der Waals surface area contributed by atoms with E-state index in [9.17, 15) is 4.39 Å². The lowest BCUT2D eigenvalue weighted by atomic mass is 10.2. The van der Waals surface area contributed by atoms with Crippen LogP contribution >= 0.6 is 24.0 Å². The third-order valence-electron chi connectivity index (χ3n) is 3.17. The molecule has 1 N–H and O–H groups in total. The average Bonchev–Trinajstić information content (AvgIpc) is 2.49. The number of ether oxygens (including phenoxy) is 1. The first kappa shape index (κ1) is 20.9. The molecule has 1 aromatic carbocycles. The van der Waals surface area contributed by atoms with Crippen molar-refractivity contribution in [3.8, 4) is 5.75 Å². The Morgan fingerprint density at radius 1 is 1.36 bits per heavy atom. The minimum atomic E-state index is -0.352. The second-order valence-electron chi connectivity index (χ2n) is 4.91. The van der Waals surface area contributed by atoms with Crippen molar-refractivity contribution in [3.63, 3.8) is 0 Å². The molecule has 0 saturated heterocycles. The van der Waals surface area contributed by atoms with Gasteiger partial charge < -0.3 is 15.0 Å². The fourth-order valence-electron chi connectivity index (χ4n) is 1.95. The van der Waals surface area contributed by atoms with Gasteiger partial charge >= 0.3 is 0 Å². The van der Waals surface area contributed by atoms with Crippen LogP contribution in [0.25, 0.3) is 0 Å². The molecule has 0 saturated carbocycles. The van der Waals surface area contributed by atoms with Crippen molar-refractivity contribution in [2.75, 3.05) is 27.2 Å². The van der Waals surface area contributed by atoms with Gasteiger partial charge in [0, 0.05) is 20.1 Å². The highest BCUT2D eigenvalue weighted by Gasteiger charge is 2.06. The topological polar surface area (TPSA) is 36.9 Å². The Labute approximate surface area is 150 Å². The first-order valence-electron chi connectivity index (χ1n) is 7.44. The van der Waals surface area contributed by atoms with Gasteiger partial charge in [0.15, 0.2) is 17.5 Å². The van der Waals surface area contributed by atoms with Crippen molar-refractivity contribution in [3.05, 3.63) is 29.6 Å². The molecule has 126 valence electrons. The maximum Gasteiger partial charge on any atom is 0.193 e. The minimum absolute atomic E-state index is 0. The summed E-state index contributed by atoms with van der Waals surface area (Å²) in [5, 5.41) is 3.26. The van der Waals surface area contributed by atoms with Gasteiger partial charge in [0.2, 0.25) is 0 Å². The summed E-state index contributed by atoms with van der Waals surface area (Å²) in [6.45, 7) is 6.42. The highest BCUT2D eigenvalue weighted by Crippen LogP contribution is 2.18. The van der Waals surface area contributed by atoms with Crippen LogP contribution in [0, 0.1) is 5.82 Å². The quantitative estimate of drug-likeness (QED) is 0.413. The summed E-state index contributed by atoms with van der Waals surface area (Å²) in [5.41, 5.74) is 0.826. The van der Waals surface area contributed by atoms with Gasteiger partial charge in [0.1, 0.15) is 0 Å². The summed E-state index contributed by atoms with van der Waals surface area (Å²) >= 11 is 0. The molecule has 0 spiro atoms. The summed E-state index contributed by atoms with van der Waals surface area (Å²) in [6.07, 6.45) is 2.27. The Morgan fingerprint density at radius 3 is 2.64 bits per heavy atom. The number of hydrogen-bond donors (Lipinski definition) is 1. The third kappa shape index (κ3) is 6.81. The van der Waals surface area contributed by atoms with Crippen LogP contribution in [-0.4, -0.2) is 38.1 Å². The zero-order valence-corrected chi connectivity index (χ0v) is 16.2. The lowest BCUT2D eigenvalue weighted by Gasteiger charge is -2.21. The van der Waals surface area contributed by atoms with Crippen molar-refractivity contribution < 1.29 is 9.13 Å². The largest absolute Gasteiger partial charge is 0.494 e. The Balaban J connectivity index is 0.00000441. The number of unbranched alkanes of at least 4 members (excludes halogenated alkanes) is 1. The van der Waals surface area contributed by atoms with E-state index in [1.54, 1.807) is 6.07 Å². The minimum Gasteiger partial charge on any atom is -0.494 e. The van der Waals surface area contributed by atoms with Crippen molar-refractivity contribution in [1.29, 1.82) is 0 Å². The molecule has 0 amide bonds. The molecule has 22 heavy (non-hydrogen) atoms. The standard InChI is InChI=1S/C16H26FN3O.HI/c1-5-7-10-20(3)16(18-6-2)19-12-13-8-9-15(21-4)14(17)11-13;/h8-9,11H,5-7,10,12H2,1-4H3,(H,18,19);1H. The van der Waals surface area contributed by atoms with E-state index in [1.165, 1.54) is 13.2 Å². The molecule has 0 aliphatic heterocycles. The molecule has 0 radical (unpaired) electrons. The summed E-state index contributed by atoms with van der Waals surface area (Å²) in [4.78, 5) is 6.66. The number of halogens is 2. The van der Waals surface area contributed by atoms with Crippen molar-refractivity contribution in [2.45, 2.75) is 33.2 Å². The van der Waals surface area contributed by atoms with Crippen LogP contribution < -0.4 is 10.1 Å². The number of guanidine groups is 1. The predicted octanol–water partition coefficient (Wildman–Crippen LogP) is 3.65. The van der Waals surface area contributed by atoms with Gasteiger partial charge in [0.05, 0.1) is 13.7 Å². The van der Waals surface area contributed by atoms with Crippen LogP contribution in [0.15, 0.2) is 23.2 Å². The number of methoxy groups -OCH3 is 1. The summed E-state index contributed by atoms with van der Waals surface area (Å²) in [6, 6.07) is 4.94. The summed E-state index contributed by atoms with van der Waals surface area (Å²) < 4.78 is 18.6. The summed E-state index contributed by atoms with van der Waals surface area (Å²) in [7, 11) is 3.48. The van der Waals surface area contributed by atoms with E-state index in [-0.39, 0.29) is 35.5 Å². The fraction of sp³-hybridized carbons (Fsp3) is 0.562. The molecule has 0 bridgehead atoms. The molecular formula is C16H27FIN3O. The van der Waals surface area contributed by atoms with Crippen molar-refractivity contribution in [1.82, 2.24) is 10.2 Å². The predicted molar refractivity (Wildman–Crippen MR) is 101 cm³/mol. The normalized spacial score (nSPS) is 10.9. The number of hydrogen-bond acceptors (Lipinski definition) is 2. The van der Waals surface area contributed by atoms with E-state index in [4.69, 9.17) is 4.74 Å². The Hall–Kier alpha value is -1.05. The molecule has 1 aromatic rings. The highest BCUT2D eigenvalue weighted by molar-refractivity contribution is 14.0. The second kappa shape index (κ2) is 11.5. The maximum atomic E-state index is 13.6. The number of benzene rings is 1. The lowest BCUT2D eigenvalue weighted by Crippen LogP contribution is -2.39. The number of nitrogens with one attached hydrogen (secondary N) is 1. The van der Waals surface area contributed by atoms with Gasteiger partial charge in [0.25, 0.3) is 0 Å². The SMILES string of the molecule is CCCCN(C)C(=NCc1ccc(OC)c(F)c1)NCC.I. The first-order valence-corrected chi connectivity index (χ1v) is 7.44. The molecule has 0 heterocycles. The van der Waals surface area contributed by atoms with Crippen LogP contribution in [0.1, 0.15) is 32.3 Å². The smallest absolute Gasteiger partial charge is 0.193 e. The van der Waals surface area contributed by atoms with E-state index >= 15 is 0 Å². The van der Waals surface area contributed by atoms with Gasteiger partial charge in [-0.05, 0) is 31.0 Å². The van der Waals surface area contributed by atoms with E-state index < -0.39 is 0 Å². The van der Waals surface area contributed by atoms with Gasteiger partial charge in [-0.15, -0.1) is 24.0 Å². The van der Waals surface area contributed by atoms with E-state index in [2.05, 4.69) is 22.1 Å². The Morgan fingerprint density at radius 2 is 2.09 bits per heavy atom. The molecule has 0 atom stereocenters. The van der Waals surface area contributed by atoms with Crippen LogP contribution in [0.3, 0.4) is 0 Å². The molecule has 0 aliphatic carbocycles. The van der Waals surface area contributed by atoms with Gasteiger partial charge in [-0.2, -0.15) is 0 Å². The van der Waals surface area contributed by atoms with Gasteiger partial charge in [-0.25, -0.2) is 9.38 Å². The van der Waals surface area contributed by atoms with E-state index in [0.29, 0.717) is 6.54 Å². The molecular weight excluding hydrogens is 396 g/mol. The van der Waals surface area contributed by atoms with Crippen LogP contribution in [0.2, 0.25) is 0 Å². The highest BCUT2D eigenvalue weighted by atomic mass is 127. The van der Waals surface area contributed by atoms with Gasteiger partial charge in [-0.3, -0.25) is 0 Å².